The van der Waals surface area contributed by atoms with Crippen LogP contribution in [0.2, 0.25) is 5.02 Å². The molecule has 1 aromatic carbocycles. The standard InChI is InChI=1S/C18H11ClF3N3O3/c19-13-7-11(18(20,21)22)8-25-9-14(24-17(13)25)10-1-3-12(4-2-10)23-15(26)5-6-16(27)28/h1-9H,(H,23,26)(H,27,28). The first-order chi connectivity index (χ1) is 13.1. The maximum atomic E-state index is 12.9. The van der Waals surface area contributed by atoms with Gasteiger partial charge in [-0.15, -0.1) is 0 Å². The number of halogens is 4. The Morgan fingerprint density at radius 3 is 2.43 bits per heavy atom. The zero-order valence-electron chi connectivity index (χ0n) is 13.9. The molecule has 10 heteroatoms. The number of imidazole rings is 1. The van der Waals surface area contributed by atoms with Crippen LogP contribution in [0.25, 0.3) is 16.9 Å². The molecule has 0 unspecified atom stereocenters. The average Bonchev–Trinajstić information content (AvgIpc) is 3.05. The van der Waals surface area contributed by atoms with E-state index in [1.54, 1.807) is 24.3 Å². The third-order valence-electron chi connectivity index (χ3n) is 3.66. The molecule has 3 rings (SSSR count). The molecule has 3 aromatic rings. The number of hydrogen-bond donors (Lipinski definition) is 2. The van der Waals surface area contributed by atoms with Gasteiger partial charge in [0.25, 0.3) is 0 Å². The van der Waals surface area contributed by atoms with Crippen molar-refractivity contribution in [2.75, 3.05) is 5.32 Å². The molecule has 0 atom stereocenters. The number of fused-ring (bicyclic) bond motifs is 1. The number of nitrogens with zero attached hydrogens (tertiary/aromatic N) is 2. The fourth-order valence-electron chi connectivity index (χ4n) is 2.41. The van der Waals surface area contributed by atoms with Crippen molar-refractivity contribution < 1.29 is 27.9 Å². The third-order valence-corrected chi connectivity index (χ3v) is 3.94. The molecule has 1 amide bonds. The molecule has 0 spiro atoms. The summed E-state index contributed by atoms with van der Waals surface area (Å²) in [5.74, 6) is -1.86. The van der Waals surface area contributed by atoms with Crippen LogP contribution in [0.3, 0.4) is 0 Å². The number of carboxylic acid groups (broad SMARTS) is 1. The van der Waals surface area contributed by atoms with Gasteiger partial charge in [-0.3, -0.25) is 4.79 Å². The molecule has 0 aliphatic heterocycles. The van der Waals surface area contributed by atoms with E-state index < -0.39 is 23.6 Å². The van der Waals surface area contributed by atoms with Gasteiger partial charge in [-0.05, 0) is 18.2 Å². The highest BCUT2D eigenvalue weighted by Gasteiger charge is 2.31. The van der Waals surface area contributed by atoms with Crippen LogP contribution in [0.1, 0.15) is 5.56 Å². The Hall–Kier alpha value is -3.33. The van der Waals surface area contributed by atoms with E-state index in [1.807, 2.05) is 0 Å². The minimum atomic E-state index is -4.53. The van der Waals surface area contributed by atoms with Gasteiger partial charge in [0.1, 0.15) is 0 Å². The number of amides is 1. The number of carbonyl (C=O) groups is 2. The van der Waals surface area contributed by atoms with Crippen LogP contribution in [0.15, 0.2) is 54.9 Å². The molecular formula is C18H11ClF3N3O3. The predicted octanol–water partition coefficient (Wildman–Crippen LogP) is 4.25. The third kappa shape index (κ3) is 4.32. The van der Waals surface area contributed by atoms with E-state index in [2.05, 4.69) is 10.3 Å². The maximum absolute atomic E-state index is 12.9. The van der Waals surface area contributed by atoms with Crippen molar-refractivity contribution in [2.24, 2.45) is 0 Å². The highest BCUT2D eigenvalue weighted by Crippen LogP contribution is 2.33. The van der Waals surface area contributed by atoms with Crippen molar-refractivity contribution in [2.45, 2.75) is 6.18 Å². The van der Waals surface area contributed by atoms with Crippen molar-refractivity contribution in [1.29, 1.82) is 0 Å². The summed E-state index contributed by atoms with van der Waals surface area (Å²) in [7, 11) is 0. The summed E-state index contributed by atoms with van der Waals surface area (Å²) >= 11 is 5.92. The monoisotopic (exact) mass is 409 g/mol. The zero-order valence-corrected chi connectivity index (χ0v) is 14.6. The largest absolute Gasteiger partial charge is 0.478 e. The lowest BCUT2D eigenvalue weighted by molar-refractivity contribution is -0.138. The topological polar surface area (TPSA) is 83.7 Å². The number of benzene rings is 1. The van der Waals surface area contributed by atoms with Crippen LogP contribution < -0.4 is 5.32 Å². The minimum Gasteiger partial charge on any atom is -0.478 e. The number of pyridine rings is 1. The van der Waals surface area contributed by atoms with Gasteiger partial charge in [-0.2, -0.15) is 13.2 Å². The van der Waals surface area contributed by atoms with Crippen LogP contribution in [-0.4, -0.2) is 26.4 Å². The van der Waals surface area contributed by atoms with Gasteiger partial charge in [-0.25, -0.2) is 9.78 Å². The number of hydrogen-bond acceptors (Lipinski definition) is 3. The first kappa shape index (κ1) is 19.4. The van der Waals surface area contributed by atoms with E-state index in [0.29, 0.717) is 23.0 Å². The Bertz CT molecular complexity index is 1090. The number of aromatic nitrogens is 2. The van der Waals surface area contributed by atoms with Gasteiger partial charge in [0, 0.05) is 35.8 Å². The molecule has 2 aromatic heterocycles. The molecule has 0 radical (unpaired) electrons. The summed E-state index contributed by atoms with van der Waals surface area (Å²) in [5, 5.41) is 10.8. The van der Waals surface area contributed by atoms with E-state index in [-0.39, 0.29) is 10.7 Å². The summed E-state index contributed by atoms with van der Waals surface area (Å²) in [4.78, 5) is 26.2. The first-order valence-corrected chi connectivity index (χ1v) is 8.09. The Balaban J connectivity index is 1.86. The molecule has 6 nitrogen and oxygen atoms in total. The van der Waals surface area contributed by atoms with Gasteiger partial charge in [0.05, 0.1) is 16.3 Å². The Morgan fingerprint density at radius 2 is 1.82 bits per heavy atom. The molecule has 0 saturated carbocycles. The van der Waals surface area contributed by atoms with Crippen molar-refractivity contribution in [3.8, 4) is 11.3 Å². The van der Waals surface area contributed by atoms with Crippen LogP contribution in [0, 0.1) is 0 Å². The van der Waals surface area contributed by atoms with Gasteiger partial charge in [0.15, 0.2) is 5.65 Å². The molecule has 0 aliphatic rings. The van der Waals surface area contributed by atoms with Gasteiger partial charge >= 0.3 is 12.1 Å². The fraction of sp³-hybridized carbons (Fsp3) is 0.0556. The van der Waals surface area contributed by atoms with Crippen LogP contribution in [0.5, 0.6) is 0 Å². The van der Waals surface area contributed by atoms with Crippen LogP contribution in [-0.2, 0) is 15.8 Å². The predicted molar refractivity (Wildman–Crippen MR) is 96.0 cm³/mol. The summed E-state index contributed by atoms with van der Waals surface area (Å²) in [6.45, 7) is 0. The van der Waals surface area contributed by atoms with E-state index >= 15 is 0 Å². The molecule has 144 valence electrons. The summed E-state index contributed by atoms with van der Waals surface area (Å²) < 4.78 is 39.9. The van der Waals surface area contributed by atoms with E-state index in [9.17, 15) is 22.8 Å². The second kappa shape index (κ2) is 7.35. The molecule has 0 saturated heterocycles. The normalized spacial score (nSPS) is 11.9. The number of carboxylic acids is 1. The zero-order chi connectivity index (χ0) is 20.5. The van der Waals surface area contributed by atoms with Crippen LogP contribution >= 0.6 is 11.6 Å². The molecule has 28 heavy (non-hydrogen) atoms. The molecular weight excluding hydrogens is 399 g/mol. The molecule has 0 aliphatic carbocycles. The van der Waals surface area contributed by atoms with E-state index in [1.165, 1.54) is 10.6 Å². The van der Waals surface area contributed by atoms with Crippen molar-refractivity contribution in [3.05, 3.63) is 65.5 Å². The van der Waals surface area contributed by atoms with E-state index in [0.717, 1.165) is 18.3 Å². The number of aliphatic carboxylic acids is 1. The number of carbonyl (C=O) groups excluding carboxylic acids is 1. The summed E-state index contributed by atoms with van der Waals surface area (Å²) in [6.07, 6.45) is -0.629. The first-order valence-electron chi connectivity index (χ1n) is 7.71. The van der Waals surface area contributed by atoms with Crippen molar-refractivity contribution in [1.82, 2.24) is 9.38 Å². The Kier molecular flexibility index (Phi) is 5.10. The maximum Gasteiger partial charge on any atom is 0.417 e. The molecule has 0 fully saturated rings. The fourth-order valence-corrected chi connectivity index (χ4v) is 2.66. The highest BCUT2D eigenvalue weighted by molar-refractivity contribution is 6.33. The second-order valence-electron chi connectivity index (χ2n) is 5.67. The second-order valence-corrected chi connectivity index (χ2v) is 6.08. The Labute approximate surface area is 160 Å². The van der Waals surface area contributed by atoms with E-state index in [4.69, 9.17) is 16.7 Å². The summed E-state index contributed by atoms with van der Waals surface area (Å²) in [6, 6.07) is 7.13. The number of alkyl halides is 3. The van der Waals surface area contributed by atoms with Gasteiger partial charge in [0.2, 0.25) is 5.91 Å². The van der Waals surface area contributed by atoms with Crippen molar-refractivity contribution in [3.63, 3.8) is 0 Å². The molecule has 0 bridgehead atoms. The number of nitrogens with one attached hydrogen (secondary N) is 1. The van der Waals surface area contributed by atoms with Gasteiger partial charge < -0.3 is 14.8 Å². The number of anilines is 1. The number of rotatable bonds is 4. The molecule has 2 N–H and O–H groups in total. The summed E-state index contributed by atoms with van der Waals surface area (Å²) in [5.41, 5.74) is 0.685. The molecule has 2 heterocycles. The highest BCUT2D eigenvalue weighted by atomic mass is 35.5. The lowest BCUT2D eigenvalue weighted by Crippen LogP contribution is -2.08. The van der Waals surface area contributed by atoms with Crippen molar-refractivity contribution >= 4 is 34.8 Å². The lowest BCUT2D eigenvalue weighted by Gasteiger charge is -2.07. The SMILES string of the molecule is O=C(O)C=CC(=O)Nc1ccc(-c2cn3cc(C(F)(F)F)cc(Cl)c3n2)cc1. The van der Waals surface area contributed by atoms with Crippen LogP contribution in [0.4, 0.5) is 18.9 Å². The minimum absolute atomic E-state index is 0.129. The Morgan fingerprint density at radius 1 is 1.14 bits per heavy atom. The average molecular weight is 410 g/mol. The smallest absolute Gasteiger partial charge is 0.417 e. The lowest BCUT2D eigenvalue weighted by atomic mass is 10.1. The van der Waals surface area contributed by atoms with Gasteiger partial charge in [-0.1, -0.05) is 23.7 Å². The quantitative estimate of drug-likeness (QED) is 0.631.